The summed E-state index contributed by atoms with van der Waals surface area (Å²) in [5, 5.41) is 10.0. The van der Waals surface area contributed by atoms with Gasteiger partial charge in [-0.05, 0) is 80.5 Å². The quantitative estimate of drug-likeness (QED) is 0.679. The third-order valence-corrected chi connectivity index (χ3v) is 8.35. The van der Waals surface area contributed by atoms with Crippen LogP contribution in [0.25, 0.3) is 0 Å². The smallest absolute Gasteiger partial charge is 1.00 e. The molecule has 7 atom stereocenters. The van der Waals surface area contributed by atoms with E-state index >= 15 is 0 Å². The first-order chi connectivity index (χ1) is 9.95. The molecule has 0 bridgehead atoms. The molecule has 120 valence electrons. The summed E-state index contributed by atoms with van der Waals surface area (Å²) >= 11 is 0. The van der Waals surface area contributed by atoms with E-state index in [4.69, 9.17) is 0 Å². The van der Waals surface area contributed by atoms with Gasteiger partial charge >= 0.3 is 29.6 Å². The minimum absolute atomic E-state index is 0. The minimum Gasteiger partial charge on any atom is -1.00 e. The van der Waals surface area contributed by atoms with Crippen LogP contribution in [0.15, 0.2) is 0 Å². The van der Waals surface area contributed by atoms with Gasteiger partial charge in [0.15, 0.2) is 0 Å². The Hall–Kier alpha value is 0.630. The molecule has 3 heteroatoms. The molecule has 0 aromatic heterocycles. The number of fused-ring (bicyclic) bond motifs is 5. The number of carbonyl (C=O) groups excluding carboxylic acids is 1. The summed E-state index contributed by atoms with van der Waals surface area (Å²) in [4.78, 5) is 12.4. The van der Waals surface area contributed by atoms with E-state index in [2.05, 4.69) is 13.8 Å². The van der Waals surface area contributed by atoms with Gasteiger partial charge in [0.05, 0.1) is 6.10 Å². The molecular formula is C19H31NaO2. The van der Waals surface area contributed by atoms with E-state index in [0.717, 1.165) is 49.9 Å². The third-order valence-electron chi connectivity index (χ3n) is 8.35. The number of carbonyl (C=O) groups is 1. The summed E-state index contributed by atoms with van der Waals surface area (Å²) in [6.45, 7) is 4.78. The Morgan fingerprint density at radius 1 is 1.05 bits per heavy atom. The standard InChI is InChI=1S/C19H30O2.Na.H/c1-18-9-7-13(20)11-12(18)3-4-14-15-5-6-17(21)19(15,2)10-8-16(14)18;;/h12-16,20H,3-11H2,1-2H3;;/q;+1;-1/t12-,13+,14-,15-,16-,18-,19-;;/m0../s1. The summed E-state index contributed by atoms with van der Waals surface area (Å²) in [7, 11) is 0. The van der Waals surface area contributed by atoms with Crippen molar-refractivity contribution in [2.45, 2.75) is 77.7 Å². The van der Waals surface area contributed by atoms with Crippen LogP contribution in [0, 0.1) is 34.5 Å². The first kappa shape index (κ1) is 17.5. The molecule has 0 amide bonds. The zero-order valence-electron chi connectivity index (χ0n) is 15.6. The Morgan fingerprint density at radius 2 is 1.82 bits per heavy atom. The molecule has 0 heterocycles. The second kappa shape index (κ2) is 5.86. The number of hydrogen-bond acceptors (Lipinski definition) is 2. The molecule has 4 aliphatic rings. The van der Waals surface area contributed by atoms with Gasteiger partial charge in [-0.15, -0.1) is 0 Å². The van der Waals surface area contributed by atoms with Gasteiger partial charge in [-0.2, -0.15) is 0 Å². The van der Waals surface area contributed by atoms with Crippen molar-refractivity contribution in [3.05, 3.63) is 0 Å². The maximum absolute atomic E-state index is 12.4. The molecule has 4 saturated carbocycles. The van der Waals surface area contributed by atoms with Gasteiger partial charge in [-0.25, -0.2) is 0 Å². The number of aliphatic hydroxyl groups is 1. The Labute approximate surface area is 158 Å². The molecule has 0 aliphatic heterocycles. The molecule has 4 aliphatic carbocycles. The molecule has 0 saturated heterocycles. The molecule has 0 spiro atoms. The van der Waals surface area contributed by atoms with Crippen molar-refractivity contribution in [2.24, 2.45) is 34.5 Å². The van der Waals surface area contributed by atoms with Crippen LogP contribution in [0.1, 0.15) is 73.1 Å². The van der Waals surface area contributed by atoms with Crippen LogP contribution in [-0.2, 0) is 4.79 Å². The Kier molecular flexibility index (Phi) is 4.65. The second-order valence-electron chi connectivity index (χ2n) is 9.00. The van der Waals surface area contributed by atoms with Crippen LogP contribution in [-0.4, -0.2) is 17.0 Å². The molecule has 0 radical (unpaired) electrons. The predicted molar refractivity (Wildman–Crippen MR) is 83.9 cm³/mol. The van der Waals surface area contributed by atoms with Crippen molar-refractivity contribution in [3.63, 3.8) is 0 Å². The minimum atomic E-state index is -0.0541. The number of hydrogen-bond donors (Lipinski definition) is 1. The molecule has 1 N–H and O–H groups in total. The fraction of sp³-hybridized carbons (Fsp3) is 0.947. The first-order valence-electron chi connectivity index (χ1n) is 9.16. The third kappa shape index (κ3) is 2.31. The number of Topliss-reactive ketones (excluding diaryl/α,β-unsaturated/α-hetero) is 1. The van der Waals surface area contributed by atoms with Crippen molar-refractivity contribution in [1.29, 1.82) is 0 Å². The topological polar surface area (TPSA) is 37.3 Å². The van der Waals surface area contributed by atoms with Crippen LogP contribution < -0.4 is 29.6 Å². The average Bonchev–Trinajstić information content (AvgIpc) is 2.76. The predicted octanol–water partition coefficient (Wildman–Crippen LogP) is 1.08. The van der Waals surface area contributed by atoms with E-state index in [1.54, 1.807) is 0 Å². The Bertz CT molecular complexity index is 470. The largest absolute Gasteiger partial charge is 1.00 e. The van der Waals surface area contributed by atoms with E-state index in [1.807, 2.05) is 0 Å². The van der Waals surface area contributed by atoms with E-state index in [-0.39, 0.29) is 42.5 Å². The van der Waals surface area contributed by atoms with Gasteiger partial charge in [0.25, 0.3) is 0 Å². The molecular weight excluding hydrogens is 283 g/mol. The van der Waals surface area contributed by atoms with Crippen molar-refractivity contribution in [1.82, 2.24) is 0 Å². The summed E-state index contributed by atoms with van der Waals surface area (Å²) in [6, 6.07) is 0. The van der Waals surface area contributed by atoms with Crippen molar-refractivity contribution in [3.8, 4) is 0 Å². The Morgan fingerprint density at radius 3 is 2.59 bits per heavy atom. The van der Waals surface area contributed by atoms with Gasteiger partial charge in [-0.1, -0.05) is 13.8 Å². The molecule has 0 unspecified atom stereocenters. The van der Waals surface area contributed by atoms with Crippen LogP contribution in [0.5, 0.6) is 0 Å². The molecule has 22 heavy (non-hydrogen) atoms. The van der Waals surface area contributed by atoms with Crippen LogP contribution in [0.3, 0.4) is 0 Å². The van der Waals surface area contributed by atoms with E-state index < -0.39 is 0 Å². The maximum Gasteiger partial charge on any atom is 1.00 e. The molecule has 0 aromatic rings. The Balaban J connectivity index is 0.000000960. The fourth-order valence-corrected chi connectivity index (χ4v) is 7.01. The fourth-order valence-electron chi connectivity index (χ4n) is 7.01. The molecule has 4 fully saturated rings. The van der Waals surface area contributed by atoms with E-state index in [1.165, 1.54) is 25.7 Å². The molecule has 4 rings (SSSR count). The van der Waals surface area contributed by atoms with Crippen molar-refractivity contribution in [2.75, 3.05) is 0 Å². The van der Waals surface area contributed by atoms with Gasteiger partial charge < -0.3 is 6.53 Å². The number of ketones is 1. The van der Waals surface area contributed by atoms with Crippen molar-refractivity contribution < 1.29 is 40.9 Å². The van der Waals surface area contributed by atoms with Gasteiger partial charge in [0.2, 0.25) is 0 Å². The zero-order chi connectivity index (χ0) is 14.8. The zero-order valence-corrected chi connectivity index (χ0v) is 16.6. The van der Waals surface area contributed by atoms with E-state index in [0.29, 0.717) is 17.1 Å². The van der Waals surface area contributed by atoms with Gasteiger partial charge in [0.1, 0.15) is 5.78 Å². The summed E-state index contributed by atoms with van der Waals surface area (Å²) in [5.41, 5.74) is 0.452. The van der Waals surface area contributed by atoms with E-state index in [9.17, 15) is 9.90 Å². The van der Waals surface area contributed by atoms with Crippen LogP contribution in [0.4, 0.5) is 0 Å². The SMILES string of the molecule is C[C@]12CC[C@@H](O)C[C@@H]1CC[C@@H]1[C@@H]2CC[C@]2(C)C(=O)CC[C@@H]12.[H-].[Na+]. The van der Waals surface area contributed by atoms with Gasteiger partial charge in [0, 0.05) is 11.8 Å². The second-order valence-corrected chi connectivity index (χ2v) is 9.00. The first-order valence-corrected chi connectivity index (χ1v) is 9.16. The average molecular weight is 314 g/mol. The van der Waals surface area contributed by atoms with Crippen LogP contribution >= 0.6 is 0 Å². The number of aliphatic hydroxyl groups excluding tert-OH is 1. The van der Waals surface area contributed by atoms with Crippen molar-refractivity contribution >= 4 is 5.78 Å². The summed E-state index contributed by atoms with van der Waals surface area (Å²) in [6.07, 6.45) is 10.1. The summed E-state index contributed by atoms with van der Waals surface area (Å²) in [5.74, 6) is 3.54. The molecule has 0 aromatic carbocycles. The normalized spacial score (nSPS) is 54.0. The van der Waals surface area contributed by atoms with Crippen LogP contribution in [0.2, 0.25) is 0 Å². The van der Waals surface area contributed by atoms with Gasteiger partial charge in [-0.3, -0.25) is 4.79 Å². The molecule has 2 nitrogen and oxygen atoms in total. The monoisotopic (exact) mass is 314 g/mol. The maximum atomic E-state index is 12.4. The summed E-state index contributed by atoms with van der Waals surface area (Å²) < 4.78 is 0. The number of rotatable bonds is 0.